The molecule has 0 saturated carbocycles. The second-order valence-corrected chi connectivity index (χ2v) is 3.29. The second-order valence-electron chi connectivity index (χ2n) is 2.88. The maximum Gasteiger partial charge on any atom is 0.284 e. The minimum Gasteiger partial charge on any atom is -0.294 e. The summed E-state index contributed by atoms with van der Waals surface area (Å²) in [5, 5.41) is 11.0. The zero-order valence-electron chi connectivity index (χ0n) is 7.70. The van der Waals surface area contributed by atoms with Crippen LogP contribution in [0.2, 0.25) is 5.02 Å². The van der Waals surface area contributed by atoms with Gasteiger partial charge in [0.1, 0.15) is 0 Å². The van der Waals surface area contributed by atoms with Crippen molar-refractivity contribution in [1.29, 1.82) is 0 Å². The van der Waals surface area contributed by atoms with Crippen LogP contribution in [0.25, 0.3) is 0 Å². The van der Waals surface area contributed by atoms with Gasteiger partial charge in [0.25, 0.3) is 5.69 Å². The van der Waals surface area contributed by atoms with Crippen LogP contribution in [0.1, 0.15) is 22.8 Å². The first-order valence-electron chi connectivity index (χ1n) is 3.89. The summed E-state index contributed by atoms with van der Waals surface area (Å²) in [5.74, 6) is -0.337. The van der Waals surface area contributed by atoms with Crippen LogP contribution in [0.4, 0.5) is 5.69 Å². The Morgan fingerprint density at radius 2 is 2.07 bits per heavy atom. The summed E-state index contributed by atoms with van der Waals surface area (Å²) in [6.07, 6.45) is 0. The Morgan fingerprint density at radius 1 is 1.50 bits per heavy atom. The fraction of sp³-hybridized carbons (Fsp3) is 0.222. The maximum atomic E-state index is 11.1. The molecule has 0 radical (unpaired) electrons. The average molecular weight is 214 g/mol. The summed E-state index contributed by atoms with van der Waals surface area (Å²) in [6, 6.07) is 2.86. The zero-order valence-corrected chi connectivity index (χ0v) is 8.46. The highest BCUT2D eigenvalue weighted by atomic mass is 35.5. The van der Waals surface area contributed by atoms with Crippen LogP contribution >= 0.6 is 11.6 Å². The van der Waals surface area contributed by atoms with Crippen LogP contribution in [0.15, 0.2) is 12.1 Å². The van der Waals surface area contributed by atoms with E-state index in [1.807, 2.05) is 0 Å². The number of nitro benzene ring substituents is 1. The number of hydrogen-bond donors (Lipinski definition) is 0. The minimum absolute atomic E-state index is 0.0944. The Bertz CT molecular complexity index is 415. The molecule has 0 aliphatic carbocycles. The first-order valence-corrected chi connectivity index (χ1v) is 4.27. The van der Waals surface area contributed by atoms with Gasteiger partial charge in [-0.1, -0.05) is 11.6 Å². The van der Waals surface area contributed by atoms with Gasteiger partial charge in [-0.05, 0) is 26.0 Å². The molecule has 0 saturated heterocycles. The highest BCUT2D eigenvalue weighted by Gasteiger charge is 2.21. The summed E-state index contributed by atoms with van der Waals surface area (Å²) >= 11 is 5.72. The minimum atomic E-state index is -0.585. The van der Waals surface area contributed by atoms with Gasteiger partial charge < -0.3 is 0 Å². The number of nitrogens with zero attached hydrogens (tertiary/aromatic N) is 1. The van der Waals surface area contributed by atoms with Gasteiger partial charge in [0.15, 0.2) is 5.78 Å². The van der Waals surface area contributed by atoms with Gasteiger partial charge in [0, 0.05) is 5.56 Å². The third kappa shape index (κ3) is 1.75. The number of rotatable bonds is 2. The second kappa shape index (κ2) is 3.75. The number of halogens is 1. The Hall–Kier alpha value is -1.42. The van der Waals surface area contributed by atoms with Crippen molar-refractivity contribution in [1.82, 2.24) is 0 Å². The molecule has 1 aromatic rings. The fourth-order valence-corrected chi connectivity index (χ4v) is 1.35. The van der Waals surface area contributed by atoms with E-state index in [-0.39, 0.29) is 17.0 Å². The maximum absolute atomic E-state index is 11.1. The third-order valence-corrected chi connectivity index (χ3v) is 2.34. The van der Waals surface area contributed by atoms with E-state index in [4.69, 9.17) is 11.6 Å². The molecular formula is C9H8ClNO3. The van der Waals surface area contributed by atoms with Gasteiger partial charge in [-0.3, -0.25) is 14.9 Å². The first kappa shape index (κ1) is 10.7. The van der Waals surface area contributed by atoms with Crippen molar-refractivity contribution in [2.75, 3.05) is 0 Å². The lowest BCUT2D eigenvalue weighted by atomic mass is 10.1. The first-order chi connectivity index (χ1) is 6.45. The lowest BCUT2D eigenvalue weighted by Crippen LogP contribution is -2.02. The molecule has 5 heteroatoms. The number of hydrogen-bond acceptors (Lipinski definition) is 3. The third-order valence-electron chi connectivity index (χ3n) is 1.93. The number of Topliss-reactive ketones (excluding diaryl/α,β-unsaturated/α-hetero) is 1. The molecule has 0 N–H and O–H groups in total. The molecular weight excluding hydrogens is 206 g/mol. The molecule has 0 spiro atoms. The van der Waals surface area contributed by atoms with E-state index in [0.717, 1.165) is 0 Å². The van der Waals surface area contributed by atoms with Crippen LogP contribution in [-0.4, -0.2) is 10.7 Å². The monoisotopic (exact) mass is 213 g/mol. The van der Waals surface area contributed by atoms with Crippen LogP contribution < -0.4 is 0 Å². The van der Waals surface area contributed by atoms with E-state index < -0.39 is 4.92 Å². The van der Waals surface area contributed by atoms with Gasteiger partial charge in [-0.2, -0.15) is 0 Å². The molecule has 0 aliphatic heterocycles. The van der Waals surface area contributed by atoms with Crippen LogP contribution in [0, 0.1) is 17.0 Å². The molecule has 14 heavy (non-hydrogen) atoms. The zero-order chi connectivity index (χ0) is 10.9. The van der Waals surface area contributed by atoms with Crippen LogP contribution in [-0.2, 0) is 0 Å². The predicted molar refractivity (Wildman–Crippen MR) is 52.8 cm³/mol. The summed E-state index contributed by atoms with van der Waals surface area (Å²) in [7, 11) is 0. The van der Waals surface area contributed by atoms with Gasteiger partial charge in [-0.15, -0.1) is 0 Å². The highest BCUT2D eigenvalue weighted by molar-refractivity contribution is 6.31. The fourth-order valence-electron chi connectivity index (χ4n) is 1.19. The Morgan fingerprint density at radius 3 is 2.50 bits per heavy atom. The van der Waals surface area contributed by atoms with Crippen LogP contribution in [0.3, 0.4) is 0 Å². The summed E-state index contributed by atoms with van der Waals surface area (Å²) in [6.45, 7) is 2.81. The Labute approximate surface area is 85.6 Å². The SMILES string of the molecule is CC(=O)c1ccc(Cl)c(C)c1[N+](=O)[O-]. The van der Waals surface area contributed by atoms with Gasteiger partial charge in [0.2, 0.25) is 0 Å². The molecule has 0 atom stereocenters. The summed E-state index contributed by atoms with van der Waals surface area (Å²) in [4.78, 5) is 21.2. The standard InChI is InChI=1S/C9H8ClNO3/c1-5-8(10)4-3-7(6(2)12)9(5)11(13)14/h3-4H,1-2H3. The van der Waals surface area contributed by atoms with Gasteiger partial charge >= 0.3 is 0 Å². The van der Waals surface area contributed by atoms with Crippen molar-refractivity contribution in [2.45, 2.75) is 13.8 Å². The Balaban J connectivity index is 3.53. The van der Waals surface area contributed by atoms with E-state index in [2.05, 4.69) is 0 Å². The number of ketones is 1. The molecule has 74 valence electrons. The van der Waals surface area contributed by atoms with Crippen LogP contribution in [0.5, 0.6) is 0 Å². The predicted octanol–water partition coefficient (Wildman–Crippen LogP) is 2.76. The van der Waals surface area contributed by atoms with E-state index >= 15 is 0 Å². The number of nitro groups is 1. The number of carbonyl (C=O) groups excluding carboxylic acids is 1. The quantitative estimate of drug-likeness (QED) is 0.431. The van der Waals surface area contributed by atoms with Crippen molar-refractivity contribution in [3.05, 3.63) is 38.4 Å². The molecule has 1 rings (SSSR count). The lowest BCUT2D eigenvalue weighted by molar-refractivity contribution is -0.385. The van der Waals surface area contributed by atoms with E-state index in [1.165, 1.54) is 26.0 Å². The van der Waals surface area contributed by atoms with Gasteiger partial charge in [-0.25, -0.2) is 0 Å². The molecule has 4 nitrogen and oxygen atoms in total. The molecule has 0 heterocycles. The molecule has 0 unspecified atom stereocenters. The smallest absolute Gasteiger partial charge is 0.284 e. The van der Waals surface area contributed by atoms with E-state index in [0.29, 0.717) is 10.6 Å². The largest absolute Gasteiger partial charge is 0.294 e. The average Bonchev–Trinajstić information content (AvgIpc) is 2.08. The normalized spacial score (nSPS) is 9.93. The number of carbonyl (C=O) groups is 1. The van der Waals surface area contributed by atoms with Crippen molar-refractivity contribution in [2.24, 2.45) is 0 Å². The molecule has 1 aromatic carbocycles. The lowest BCUT2D eigenvalue weighted by Gasteiger charge is -2.03. The van der Waals surface area contributed by atoms with Crippen molar-refractivity contribution >= 4 is 23.1 Å². The summed E-state index contributed by atoms with van der Waals surface area (Å²) < 4.78 is 0. The van der Waals surface area contributed by atoms with Crippen molar-refractivity contribution in [3.63, 3.8) is 0 Å². The molecule has 0 amide bonds. The topological polar surface area (TPSA) is 60.2 Å². The molecule has 0 bridgehead atoms. The van der Waals surface area contributed by atoms with Crippen molar-refractivity contribution in [3.8, 4) is 0 Å². The van der Waals surface area contributed by atoms with Gasteiger partial charge in [0.05, 0.1) is 15.5 Å². The Kier molecular flexibility index (Phi) is 2.86. The molecule has 0 aliphatic rings. The number of benzene rings is 1. The van der Waals surface area contributed by atoms with Crippen molar-refractivity contribution < 1.29 is 9.72 Å². The molecule has 0 aromatic heterocycles. The molecule has 0 fully saturated rings. The van der Waals surface area contributed by atoms with E-state index in [9.17, 15) is 14.9 Å². The summed E-state index contributed by atoms with van der Waals surface area (Å²) in [5.41, 5.74) is 0.214. The highest BCUT2D eigenvalue weighted by Crippen LogP contribution is 2.29. The van der Waals surface area contributed by atoms with E-state index in [1.54, 1.807) is 0 Å².